The van der Waals surface area contributed by atoms with E-state index in [1.54, 1.807) is 0 Å². The van der Waals surface area contributed by atoms with Gasteiger partial charge in [-0.2, -0.15) is 13.2 Å². The van der Waals surface area contributed by atoms with Crippen molar-refractivity contribution in [1.82, 2.24) is 0 Å². The normalized spacial score (nSPS) is 11.7. The molecule has 0 bridgehead atoms. The molecule has 0 atom stereocenters. The van der Waals surface area contributed by atoms with Gasteiger partial charge in [0.1, 0.15) is 5.75 Å². The highest BCUT2D eigenvalue weighted by Gasteiger charge is 2.38. The number of nitrogens with zero attached hydrogens (tertiary/aromatic N) is 2. The van der Waals surface area contributed by atoms with E-state index >= 15 is 0 Å². The summed E-state index contributed by atoms with van der Waals surface area (Å²) in [7, 11) is -4.07. The average molecular weight is 552 g/mol. The first-order valence-corrected chi connectivity index (χ1v) is 11.2. The molecule has 0 saturated heterocycles. The minimum absolute atomic E-state index is 0.0753. The van der Waals surface area contributed by atoms with Crippen molar-refractivity contribution in [3.8, 4) is 11.5 Å². The van der Waals surface area contributed by atoms with E-state index in [0.29, 0.717) is 5.02 Å². The van der Waals surface area contributed by atoms with Gasteiger partial charge in [0.2, 0.25) is 0 Å². The van der Waals surface area contributed by atoms with E-state index in [0.717, 1.165) is 18.2 Å². The Morgan fingerprint density at radius 3 is 1.89 bits per heavy atom. The largest absolute Gasteiger partial charge is 0.443 e. The molecule has 0 aromatic heterocycles. The molecule has 0 spiro atoms. The molecule has 0 amide bonds. The molecular weight excluding hydrogens is 542 g/mol. The summed E-state index contributed by atoms with van der Waals surface area (Å²) in [6, 6.07) is 8.54. The third kappa shape index (κ3) is 5.90. The second-order valence-corrected chi connectivity index (χ2v) is 9.19. The van der Waals surface area contributed by atoms with Crippen molar-refractivity contribution >= 4 is 50.3 Å². The van der Waals surface area contributed by atoms with Gasteiger partial charge in [-0.25, -0.2) is 8.42 Å². The van der Waals surface area contributed by atoms with Gasteiger partial charge in [0.05, 0.1) is 31.0 Å². The average Bonchev–Trinajstić information content (AvgIpc) is 2.74. The highest BCUT2D eigenvalue weighted by molar-refractivity contribution is 7.92. The Kier molecular flexibility index (Phi) is 7.10. The second kappa shape index (κ2) is 9.56. The van der Waals surface area contributed by atoms with Gasteiger partial charge in [0.25, 0.3) is 15.8 Å². The Morgan fingerprint density at radius 2 is 1.43 bits per heavy atom. The fourth-order valence-electron chi connectivity index (χ4n) is 2.72. The zero-order valence-electron chi connectivity index (χ0n) is 16.7. The standard InChI is InChI=1S/C19H10Cl2F3N3O7S/c20-11-1-4-13(5-2-11)35(32,33)25-12-3-6-17(14(21)9-12)34-18-15(26(28)29)7-10(19(22,23)24)8-16(18)27(30)31/h1-9,25H. The van der Waals surface area contributed by atoms with Crippen LogP contribution in [0.1, 0.15) is 5.56 Å². The third-order valence-electron chi connectivity index (χ3n) is 4.29. The summed E-state index contributed by atoms with van der Waals surface area (Å²) in [4.78, 5) is 20.0. The van der Waals surface area contributed by atoms with Gasteiger partial charge in [-0.15, -0.1) is 0 Å². The van der Waals surface area contributed by atoms with Crippen LogP contribution < -0.4 is 9.46 Å². The molecule has 0 aliphatic heterocycles. The van der Waals surface area contributed by atoms with Crippen molar-refractivity contribution < 1.29 is 36.2 Å². The molecule has 0 aliphatic rings. The molecule has 1 N–H and O–H groups in total. The zero-order chi connectivity index (χ0) is 26.1. The van der Waals surface area contributed by atoms with Crippen LogP contribution in [-0.2, 0) is 16.2 Å². The first-order chi connectivity index (χ1) is 16.2. The van der Waals surface area contributed by atoms with Gasteiger partial charge in [-0.1, -0.05) is 23.2 Å². The minimum atomic E-state index is -5.10. The predicted molar refractivity (Wildman–Crippen MR) is 119 cm³/mol. The summed E-state index contributed by atoms with van der Waals surface area (Å²) in [6.07, 6.45) is -5.10. The quantitative estimate of drug-likeness (QED) is 0.263. The van der Waals surface area contributed by atoms with E-state index in [1.165, 1.54) is 24.3 Å². The number of hydrogen-bond donors (Lipinski definition) is 1. The molecule has 10 nitrogen and oxygen atoms in total. The molecule has 16 heteroatoms. The van der Waals surface area contributed by atoms with Crippen molar-refractivity contribution in [2.45, 2.75) is 11.1 Å². The van der Waals surface area contributed by atoms with Crippen molar-refractivity contribution in [2.75, 3.05) is 4.72 Å². The van der Waals surface area contributed by atoms with Gasteiger partial charge < -0.3 is 4.74 Å². The third-order valence-corrected chi connectivity index (χ3v) is 6.24. The number of nitro benzene ring substituents is 2. The number of sulfonamides is 1. The first kappa shape index (κ1) is 26.0. The number of hydrogen-bond acceptors (Lipinski definition) is 7. The van der Waals surface area contributed by atoms with Crippen LogP contribution in [0.3, 0.4) is 0 Å². The lowest BCUT2D eigenvalue weighted by atomic mass is 10.1. The van der Waals surface area contributed by atoms with Crippen LogP contribution in [0.15, 0.2) is 59.5 Å². The van der Waals surface area contributed by atoms with E-state index in [1.807, 2.05) is 0 Å². The van der Waals surface area contributed by atoms with E-state index < -0.39 is 54.5 Å². The molecule has 0 unspecified atom stereocenters. The maximum absolute atomic E-state index is 13.0. The molecular formula is C19H10Cl2F3N3O7S. The topological polar surface area (TPSA) is 142 Å². The number of alkyl halides is 3. The molecule has 35 heavy (non-hydrogen) atoms. The van der Waals surface area contributed by atoms with Gasteiger partial charge in [-0.3, -0.25) is 25.0 Å². The van der Waals surface area contributed by atoms with Crippen LogP contribution in [0, 0.1) is 20.2 Å². The number of ether oxygens (including phenoxy) is 1. The highest BCUT2D eigenvalue weighted by Crippen LogP contribution is 2.45. The van der Waals surface area contributed by atoms with Crippen LogP contribution in [0.2, 0.25) is 10.0 Å². The predicted octanol–water partition coefficient (Wildman–Crippen LogP) is 6.42. The van der Waals surface area contributed by atoms with Crippen molar-refractivity contribution in [3.63, 3.8) is 0 Å². The van der Waals surface area contributed by atoms with E-state index in [2.05, 4.69) is 4.72 Å². The number of anilines is 1. The van der Waals surface area contributed by atoms with Gasteiger partial charge in [0, 0.05) is 17.2 Å². The maximum atomic E-state index is 13.0. The van der Waals surface area contributed by atoms with Crippen LogP contribution in [0.4, 0.5) is 30.2 Å². The van der Waals surface area contributed by atoms with Crippen molar-refractivity contribution in [3.05, 3.63) is 90.4 Å². The second-order valence-electron chi connectivity index (χ2n) is 6.66. The molecule has 0 saturated carbocycles. The lowest BCUT2D eigenvalue weighted by molar-refractivity contribution is -0.396. The number of benzene rings is 3. The van der Waals surface area contributed by atoms with Crippen LogP contribution in [0.25, 0.3) is 0 Å². The number of nitro groups is 2. The smallest absolute Gasteiger partial charge is 0.416 e. The zero-order valence-corrected chi connectivity index (χ0v) is 19.1. The van der Waals surface area contributed by atoms with Gasteiger partial charge in [-0.05, 0) is 42.5 Å². The summed E-state index contributed by atoms with van der Waals surface area (Å²) in [5, 5.41) is 22.6. The maximum Gasteiger partial charge on any atom is 0.416 e. The fraction of sp³-hybridized carbons (Fsp3) is 0.0526. The summed E-state index contributed by atoms with van der Waals surface area (Å²) in [6.45, 7) is 0. The summed E-state index contributed by atoms with van der Waals surface area (Å²) in [5.74, 6) is -1.52. The summed E-state index contributed by atoms with van der Waals surface area (Å²) >= 11 is 11.8. The Morgan fingerprint density at radius 1 is 0.886 bits per heavy atom. The lowest BCUT2D eigenvalue weighted by Crippen LogP contribution is -2.12. The molecule has 3 aromatic rings. The number of rotatable bonds is 7. The van der Waals surface area contributed by atoms with Crippen molar-refractivity contribution in [2.24, 2.45) is 0 Å². The molecule has 3 rings (SSSR count). The van der Waals surface area contributed by atoms with Crippen molar-refractivity contribution in [1.29, 1.82) is 0 Å². The van der Waals surface area contributed by atoms with Gasteiger partial charge in [0.15, 0.2) is 0 Å². The molecule has 0 fully saturated rings. The molecule has 0 heterocycles. The molecule has 3 aromatic carbocycles. The number of nitrogens with one attached hydrogen (secondary N) is 1. The minimum Gasteiger partial charge on any atom is -0.443 e. The monoisotopic (exact) mass is 551 g/mol. The van der Waals surface area contributed by atoms with Gasteiger partial charge >= 0.3 is 17.6 Å². The van der Waals surface area contributed by atoms with Crippen LogP contribution >= 0.6 is 23.2 Å². The highest BCUT2D eigenvalue weighted by atomic mass is 35.5. The summed E-state index contributed by atoms with van der Waals surface area (Å²) < 4.78 is 71.5. The molecule has 0 radical (unpaired) electrons. The lowest BCUT2D eigenvalue weighted by Gasteiger charge is -2.13. The number of halogens is 5. The Balaban J connectivity index is 1.99. The molecule has 0 aliphatic carbocycles. The van der Waals surface area contributed by atoms with E-state index in [-0.39, 0.29) is 27.7 Å². The van der Waals surface area contributed by atoms with E-state index in [9.17, 15) is 41.8 Å². The Hall–Kier alpha value is -3.62. The van der Waals surface area contributed by atoms with Crippen LogP contribution in [-0.4, -0.2) is 18.3 Å². The SMILES string of the molecule is O=[N+]([O-])c1cc(C(F)(F)F)cc([N+](=O)[O-])c1Oc1ccc(NS(=O)(=O)c2ccc(Cl)cc2)cc1Cl. The first-order valence-electron chi connectivity index (χ1n) is 8.99. The summed E-state index contributed by atoms with van der Waals surface area (Å²) in [5.41, 5.74) is -4.35. The molecule has 184 valence electrons. The Bertz CT molecular complexity index is 1400. The fourth-order valence-corrected chi connectivity index (χ4v) is 4.12. The Labute approximate surface area is 204 Å². The van der Waals surface area contributed by atoms with E-state index in [4.69, 9.17) is 27.9 Å². The van der Waals surface area contributed by atoms with Crippen LogP contribution in [0.5, 0.6) is 11.5 Å².